The Balaban J connectivity index is 2.94. The molecule has 104 valence electrons. The zero-order valence-electron chi connectivity index (χ0n) is 11.9. The average molecular weight is 263 g/mol. The molecule has 19 heavy (non-hydrogen) atoms. The Morgan fingerprint density at radius 1 is 1.16 bits per heavy atom. The lowest BCUT2D eigenvalue weighted by Crippen LogP contribution is -2.25. The number of hydrogen-bond acceptors (Lipinski definition) is 4. The van der Waals surface area contributed by atoms with Crippen molar-refractivity contribution < 1.29 is 14.2 Å². The van der Waals surface area contributed by atoms with E-state index in [1.54, 1.807) is 21.3 Å². The minimum atomic E-state index is 0.238. The molecule has 0 radical (unpaired) electrons. The first-order chi connectivity index (χ1) is 9.15. The topological polar surface area (TPSA) is 39.7 Å². The van der Waals surface area contributed by atoms with Crippen LogP contribution in [0.3, 0.4) is 0 Å². The monoisotopic (exact) mass is 263 g/mol. The van der Waals surface area contributed by atoms with Gasteiger partial charge in [-0.15, -0.1) is 12.3 Å². The van der Waals surface area contributed by atoms with Crippen molar-refractivity contribution in [3.8, 4) is 29.6 Å². The number of terminal acetylenes is 1. The molecule has 1 atom stereocenters. The van der Waals surface area contributed by atoms with Crippen molar-refractivity contribution in [2.45, 2.75) is 25.9 Å². The second-order valence-electron chi connectivity index (χ2n) is 4.20. The molecular weight excluding hydrogens is 242 g/mol. The van der Waals surface area contributed by atoms with Crippen LogP contribution < -0.4 is 19.5 Å². The van der Waals surface area contributed by atoms with Gasteiger partial charge in [0.2, 0.25) is 0 Å². The van der Waals surface area contributed by atoms with Gasteiger partial charge in [-0.1, -0.05) is 0 Å². The van der Waals surface area contributed by atoms with Crippen LogP contribution in [-0.2, 0) is 6.54 Å². The molecule has 0 spiro atoms. The molecule has 0 aromatic heterocycles. The molecule has 0 fully saturated rings. The van der Waals surface area contributed by atoms with Gasteiger partial charge in [0, 0.05) is 31.1 Å². The summed E-state index contributed by atoms with van der Waals surface area (Å²) in [5.41, 5.74) is 0.953. The van der Waals surface area contributed by atoms with Crippen LogP contribution >= 0.6 is 0 Å². The molecule has 0 amide bonds. The van der Waals surface area contributed by atoms with Crippen molar-refractivity contribution in [2.24, 2.45) is 0 Å². The third-order valence-electron chi connectivity index (χ3n) is 2.87. The average Bonchev–Trinajstić information content (AvgIpc) is 2.44. The molecule has 0 aliphatic heterocycles. The fourth-order valence-electron chi connectivity index (χ4n) is 1.78. The second-order valence-corrected chi connectivity index (χ2v) is 4.20. The highest BCUT2D eigenvalue weighted by molar-refractivity contribution is 5.50. The minimum absolute atomic E-state index is 0.238. The maximum atomic E-state index is 5.38. The van der Waals surface area contributed by atoms with Gasteiger partial charge in [-0.2, -0.15) is 0 Å². The standard InChI is InChI=1S/C15H21NO3/c1-6-7-11(2)16-10-13-14(18-4)8-12(17-3)9-15(13)19-5/h1,8-9,11,16H,7,10H2,2-5H3. The van der Waals surface area contributed by atoms with E-state index in [1.165, 1.54) is 0 Å². The van der Waals surface area contributed by atoms with Gasteiger partial charge >= 0.3 is 0 Å². The van der Waals surface area contributed by atoms with Crippen molar-refractivity contribution in [3.05, 3.63) is 17.7 Å². The zero-order chi connectivity index (χ0) is 14.3. The summed E-state index contributed by atoms with van der Waals surface area (Å²) in [6.45, 7) is 2.67. The molecular formula is C15H21NO3. The third-order valence-corrected chi connectivity index (χ3v) is 2.87. The highest BCUT2D eigenvalue weighted by Gasteiger charge is 2.13. The van der Waals surface area contributed by atoms with Gasteiger partial charge < -0.3 is 19.5 Å². The summed E-state index contributed by atoms with van der Waals surface area (Å²) in [6.07, 6.45) is 5.97. The molecule has 1 unspecified atom stereocenters. The van der Waals surface area contributed by atoms with Gasteiger partial charge in [-0.3, -0.25) is 0 Å². The van der Waals surface area contributed by atoms with Crippen molar-refractivity contribution in [1.82, 2.24) is 5.32 Å². The lowest BCUT2D eigenvalue weighted by atomic mass is 10.1. The molecule has 0 saturated carbocycles. The number of hydrogen-bond donors (Lipinski definition) is 1. The molecule has 0 saturated heterocycles. The summed E-state index contributed by atoms with van der Waals surface area (Å²) in [6, 6.07) is 3.91. The molecule has 1 aromatic rings. The highest BCUT2D eigenvalue weighted by Crippen LogP contribution is 2.33. The van der Waals surface area contributed by atoms with Crippen molar-refractivity contribution in [3.63, 3.8) is 0 Å². The third kappa shape index (κ3) is 4.08. The van der Waals surface area contributed by atoms with Crippen LogP contribution in [0, 0.1) is 12.3 Å². The van der Waals surface area contributed by atoms with Crippen molar-refractivity contribution in [1.29, 1.82) is 0 Å². The summed E-state index contributed by atoms with van der Waals surface area (Å²) in [7, 11) is 4.87. The second kappa shape index (κ2) is 7.55. The number of rotatable bonds is 7. The van der Waals surface area contributed by atoms with Gasteiger partial charge in [-0.05, 0) is 6.92 Å². The molecule has 0 aliphatic rings. The number of benzene rings is 1. The fourth-order valence-corrected chi connectivity index (χ4v) is 1.78. The van der Waals surface area contributed by atoms with E-state index in [1.807, 2.05) is 19.1 Å². The van der Waals surface area contributed by atoms with Crippen molar-refractivity contribution >= 4 is 0 Å². The smallest absolute Gasteiger partial charge is 0.130 e. The number of nitrogens with one attached hydrogen (secondary N) is 1. The Hall–Kier alpha value is -1.86. The molecule has 4 heteroatoms. The summed E-state index contributed by atoms with van der Waals surface area (Å²) in [5, 5.41) is 3.34. The fraction of sp³-hybridized carbons (Fsp3) is 0.467. The maximum Gasteiger partial charge on any atom is 0.130 e. The Bertz CT molecular complexity index is 426. The Kier molecular flexibility index (Phi) is 6.04. The van der Waals surface area contributed by atoms with E-state index in [2.05, 4.69) is 11.2 Å². The van der Waals surface area contributed by atoms with Gasteiger partial charge in [-0.25, -0.2) is 0 Å². The maximum absolute atomic E-state index is 5.38. The quantitative estimate of drug-likeness (QED) is 0.766. The summed E-state index contributed by atoms with van der Waals surface area (Å²) >= 11 is 0. The Morgan fingerprint density at radius 3 is 2.16 bits per heavy atom. The largest absolute Gasteiger partial charge is 0.496 e. The first-order valence-electron chi connectivity index (χ1n) is 6.12. The van der Waals surface area contributed by atoms with E-state index >= 15 is 0 Å². The highest BCUT2D eigenvalue weighted by atomic mass is 16.5. The molecule has 1 rings (SSSR count). The lowest BCUT2D eigenvalue weighted by molar-refractivity contribution is 0.365. The van der Waals surface area contributed by atoms with Crippen LogP contribution in [-0.4, -0.2) is 27.4 Å². The minimum Gasteiger partial charge on any atom is -0.496 e. The summed E-state index contributed by atoms with van der Waals surface area (Å²) < 4.78 is 16.0. The van der Waals surface area contributed by atoms with Gasteiger partial charge in [0.05, 0.1) is 26.9 Å². The van der Waals surface area contributed by atoms with Crippen LogP contribution in [0.1, 0.15) is 18.9 Å². The molecule has 0 aliphatic carbocycles. The van der Waals surface area contributed by atoms with Gasteiger partial charge in [0.15, 0.2) is 0 Å². The molecule has 0 heterocycles. The van der Waals surface area contributed by atoms with Crippen LogP contribution in [0.2, 0.25) is 0 Å². The predicted molar refractivity (Wildman–Crippen MR) is 75.8 cm³/mol. The van der Waals surface area contributed by atoms with E-state index < -0.39 is 0 Å². The van der Waals surface area contributed by atoms with E-state index in [4.69, 9.17) is 20.6 Å². The van der Waals surface area contributed by atoms with Crippen LogP contribution in [0.5, 0.6) is 17.2 Å². The SMILES string of the molecule is C#CCC(C)NCc1c(OC)cc(OC)cc1OC. The molecule has 0 bridgehead atoms. The van der Waals surface area contributed by atoms with Crippen LogP contribution in [0.4, 0.5) is 0 Å². The first-order valence-corrected chi connectivity index (χ1v) is 6.12. The summed E-state index contributed by atoms with van der Waals surface area (Å²) in [5.74, 6) is 4.80. The Morgan fingerprint density at radius 2 is 1.74 bits per heavy atom. The lowest BCUT2D eigenvalue weighted by Gasteiger charge is -2.17. The van der Waals surface area contributed by atoms with E-state index in [0.717, 1.165) is 17.1 Å². The number of ether oxygens (including phenoxy) is 3. The first kappa shape index (κ1) is 15.2. The molecule has 1 N–H and O–H groups in total. The van der Waals surface area contributed by atoms with Crippen LogP contribution in [0.15, 0.2) is 12.1 Å². The Labute approximate surface area is 115 Å². The van der Waals surface area contributed by atoms with E-state index in [9.17, 15) is 0 Å². The van der Waals surface area contributed by atoms with E-state index in [-0.39, 0.29) is 6.04 Å². The predicted octanol–water partition coefficient (Wildman–Crippen LogP) is 2.21. The number of methoxy groups -OCH3 is 3. The van der Waals surface area contributed by atoms with E-state index in [0.29, 0.717) is 18.7 Å². The zero-order valence-corrected chi connectivity index (χ0v) is 11.9. The molecule has 1 aromatic carbocycles. The molecule has 4 nitrogen and oxygen atoms in total. The summed E-state index contributed by atoms with van der Waals surface area (Å²) in [4.78, 5) is 0. The van der Waals surface area contributed by atoms with Crippen LogP contribution in [0.25, 0.3) is 0 Å². The van der Waals surface area contributed by atoms with Gasteiger partial charge in [0.1, 0.15) is 17.2 Å². The van der Waals surface area contributed by atoms with Crippen molar-refractivity contribution in [2.75, 3.05) is 21.3 Å². The van der Waals surface area contributed by atoms with Gasteiger partial charge in [0.25, 0.3) is 0 Å². The normalized spacial score (nSPS) is 11.5.